The summed E-state index contributed by atoms with van der Waals surface area (Å²) < 4.78 is 0. The normalized spacial score (nSPS) is 19.4. The minimum absolute atomic E-state index is 0.0935. The molecular formula is C14H21NO. The van der Waals surface area contributed by atoms with Gasteiger partial charge in [0.1, 0.15) is 0 Å². The van der Waals surface area contributed by atoms with Crippen LogP contribution >= 0.6 is 0 Å². The SMILES string of the molecule is Cc1cccc(CNC(C)(CO)C2CC2)c1. The van der Waals surface area contributed by atoms with E-state index in [1.807, 2.05) is 0 Å². The van der Waals surface area contributed by atoms with Crippen LogP contribution in [0, 0.1) is 12.8 Å². The van der Waals surface area contributed by atoms with Crippen LogP contribution in [0.4, 0.5) is 0 Å². The van der Waals surface area contributed by atoms with Crippen molar-refractivity contribution in [2.75, 3.05) is 6.61 Å². The molecule has 2 nitrogen and oxygen atoms in total. The Morgan fingerprint density at radius 1 is 1.44 bits per heavy atom. The molecule has 0 aromatic heterocycles. The Labute approximate surface area is 97.7 Å². The van der Waals surface area contributed by atoms with Gasteiger partial charge in [-0.1, -0.05) is 29.8 Å². The van der Waals surface area contributed by atoms with Crippen molar-refractivity contribution < 1.29 is 5.11 Å². The maximum absolute atomic E-state index is 9.47. The van der Waals surface area contributed by atoms with Gasteiger partial charge in [0.05, 0.1) is 6.61 Å². The molecule has 2 heteroatoms. The van der Waals surface area contributed by atoms with Crippen molar-refractivity contribution in [1.82, 2.24) is 5.32 Å². The van der Waals surface area contributed by atoms with Crippen LogP contribution in [0.5, 0.6) is 0 Å². The van der Waals surface area contributed by atoms with Gasteiger partial charge in [-0.05, 0) is 38.2 Å². The number of aliphatic hydroxyl groups excluding tert-OH is 1. The second kappa shape index (κ2) is 4.56. The van der Waals surface area contributed by atoms with Gasteiger partial charge in [0.15, 0.2) is 0 Å². The number of nitrogens with one attached hydrogen (secondary N) is 1. The molecule has 1 atom stereocenters. The molecule has 0 amide bonds. The Balaban J connectivity index is 1.95. The average molecular weight is 219 g/mol. The van der Waals surface area contributed by atoms with Crippen molar-refractivity contribution >= 4 is 0 Å². The summed E-state index contributed by atoms with van der Waals surface area (Å²) in [5, 5.41) is 13.0. The van der Waals surface area contributed by atoms with E-state index < -0.39 is 0 Å². The van der Waals surface area contributed by atoms with Crippen molar-refractivity contribution in [2.24, 2.45) is 5.92 Å². The highest BCUT2D eigenvalue weighted by atomic mass is 16.3. The molecule has 1 aromatic carbocycles. The van der Waals surface area contributed by atoms with Crippen LogP contribution in [-0.2, 0) is 6.54 Å². The van der Waals surface area contributed by atoms with E-state index in [0.29, 0.717) is 5.92 Å². The fraction of sp³-hybridized carbons (Fsp3) is 0.571. The van der Waals surface area contributed by atoms with Gasteiger partial charge in [0.2, 0.25) is 0 Å². The maximum atomic E-state index is 9.47. The molecule has 2 N–H and O–H groups in total. The summed E-state index contributed by atoms with van der Waals surface area (Å²) in [6, 6.07) is 8.51. The van der Waals surface area contributed by atoms with Gasteiger partial charge >= 0.3 is 0 Å². The van der Waals surface area contributed by atoms with Crippen molar-refractivity contribution in [2.45, 2.75) is 38.8 Å². The first-order valence-electron chi connectivity index (χ1n) is 6.05. The Morgan fingerprint density at radius 2 is 2.19 bits per heavy atom. The van der Waals surface area contributed by atoms with Crippen LogP contribution in [0.25, 0.3) is 0 Å². The molecule has 0 saturated heterocycles. The van der Waals surface area contributed by atoms with Gasteiger partial charge in [-0.2, -0.15) is 0 Å². The number of aryl methyl sites for hydroxylation is 1. The van der Waals surface area contributed by atoms with E-state index in [9.17, 15) is 5.11 Å². The predicted molar refractivity (Wildman–Crippen MR) is 66.2 cm³/mol. The first kappa shape index (κ1) is 11.6. The van der Waals surface area contributed by atoms with Crippen molar-refractivity contribution in [3.05, 3.63) is 35.4 Å². The third kappa shape index (κ3) is 2.63. The molecule has 1 aromatic rings. The lowest BCUT2D eigenvalue weighted by molar-refractivity contribution is 0.153. The molecule has 1 saturated carbocycles. The van der Waals surface area contributed by atoms with E-state index in [4.69, 9.17) is 0 Å². The molecule has 16 heavy (non-hydrogen) atoms. The van der Waals surface area contributed by atoms with E-state index in [0.717, 1.165) is 6.54 Å². The molecule has 88 valence electrons. The first-order chi connectivity index (χ1) is 7.64. The first-order valence-corrected chi connectivity index (χ1v) is 6.05. The highest BCUT2D eigenvalue weighted by Gasteiger charge is 2.40. The van der Waals surface area contributed by atoms with Crippen LogP contribution in [-0.4, -0.2) is 17.3 Å². The highest BCUT2D eigenvalue weighted by molar-refractivity contribution is 5.22. The fourth-order valence-electron chi connectivity index (χ4n) is 2.18. The van der Waals surface area contributed by atoms with E-state index in [1.165, 1.54) is 24.0 Å². The summed E-state index contributed by atoms with van der Waals surface area (Å²) in [4.78, 5) is 0. The van der Waals surface area contributed by atoms with Gasteiger partial charge in [-0.25, -0.2) is 0 Å². The van der Waals surface area contributed by atoms with Crippen LogP contribution in [0.3, 0.4) is 0 Å². The molecule has 0 radical (unpaired) electrons. The second-order valence-corrected chi connectivity index (χ2v) is 5.19. The molecule has 1 aliphatic carbocycles. The molecule has 1 aliphatic rings. The van der Waals surface area contributed by atoms with Crippen molar-refractivity contribution in [3.63, 3.8) is 0 Å². The zero-order valence-electron chi connectivity index (χ0n) is 10.2. The predicted octanol–water partition coefficient (Wildman–Crippen LogP) is 2.25. The van der Waals surface area contributed by atoms with E-state index in [-0.39, 0.29) is 12.1 Å². The van der Waals surface area contributed by atoms with Crippen LogP contribution in [0.15, 0.2) is 24.3 Å². The van der Waals surface area contributed by atoms with Gasteiger partial charge < -0.3 is 10.4 Å². The monoisotopic (exact) mass is 219 g/mol. The summed E-state index contributed by atoms with van der Waals surface area (Å²) in [6.07, 6.45) is 2.50. The largest absolute Gasteiger partial charge is 0.394 e. The smallest absolute Gasteiger partial charge is 0.0613 e. The van der Waals surface area contributed by atoms with Crippen molar-refractivity contribution in [1.29, 1.82) is 0 Å². The van der Waals surface area contributed by atoms with Gasteiger partial charge in [0, 0.05) is 12.1 Å². The van der Waals surface area contributed by atoms with Crippen LogP contribution < -0.4 is 5.32 Å². The standard InChI is InChI=1S/C14H21NO/c1-11-4-3-5-12(8-11)9-15-14(2,10-16)13-6-7-13/h3-5,8,13,15-16H,6-7,9-10H2,1-2H3. The Kier molecular flexibility index (Phi) is 3.31. The molecule has 1 fully saturated rings. The molecule has 0 spiro atoms. The fourth-order valence-corrected chi connectivity index (χ4v) is 2.18. The number of aliphatic hydroxyl groups is 1. The summed E-state index contributed by atoms with van der Waals surface area (Å²) in [7, 11) is 0. The summed E-state index contributed by atoms with van der Waals surface area (Å²) in [5.74, 6) is 0.655. The topological polar surface area (TPSA) is 32.3 Å². The van der Waals surface area contributed by atoms with Gasteiger partial charge in [-0.3, -0.25) is 0 Å². The number of benzene rings is 1. The quantitative estimate of drug-likeness (QED) is 0.796. The Bertz CT molecular complexity index is 360. The highest BCUT2D eigenvalue weighted by Crippen LogP contribution is 2.39. The molecular weight excluding hydrogens is 198 g/mol. The third-order valence-corrected chi connectivity index (χ3v) is 3.59. The maximum Gasteiger partial charge on any atom is 0.0613 e. The lowest BCUT2D eigenvalue weighted by Crippen LogP contribution is -2.47. The minimum atomic E-state index is -0.0935. The lowest BCUT2D eigenvalue weighted by atomic mass is 9.96. The molecule has 0 heterocycles. The van der Waals surface area contributed by atoms with Crippen molar-refractivity contribution in [3.8, 4) is 0 Å². The summed E-state index contributed by atoms with van der Waals surface area (Å²) in [6.45, 7) is 5.30. The zero-order valence-corrected chi connectivity index (χ0v) is 10.2. The second-order valence-electron chi connectivity index (χ2n) is 5.19. The Hall–Kier alpha value is -0.860. The van der Waals surface area contributed by atoms with Gasteiger partial charge in [0.25, 0.3) is 0 Å². The zero-order chi connectivity index (χ0) is 11.6. The Morgan fingerprint density at radius 3 is 2.75 bits per heavy atom. The summed E-state index contributed by atoms with van der Waals surface area (Å²) >= 11 is 0. The lowest BCUT2D eigenvalue weighted by Gasteiger charge is -2.29. The van der Waals surface area contributed by atoms with E-state index in [2.05, 4.69) is 43.4 Å². The summed E-state index contributed by atoms with van der Waals surface area (Å²) in [5.41, 5.74) is 2.49. The van der Waals surface area contributed by atoms with Crippen LogP contribution in [0.2, 0.25) is 0 Å². The molecule has 1 unspecified atom stereocenters. The van der Waals surface area contributed by atoms with E-state index >= 15 is 0 Å². The third-order valence-electron chi connectivity index (χ3n) is 3.59. The van der Waals surface area contributed by atoms with E-state index in [1.54, 1.807) is 0 Å². The minimum Gasteiger partial charge on any atom is -0.394 e. The number of hydrogen-bond donors (Lipinski definition) is 2. The number of rotatable bonds is 5. The van der Waals surface area contributed by atoms with Crippen LogP contribution in [0.1, 0.15) is 30.9 Å². The van der Waals surface area contributed by atoms with Gasteiger partial charge in [-0.15, -0.1) is 0 Å². The molecule has 2 rings (SSSR count). The average Bonchev–Trinajstić information content (AvgIpc) is 3.10. The molecule has 0 bridgehead atoms. The number of hydrogen-bond acceptors (Lipinski definition) is 2. The molecule has 0 aliphatic heterocycles.